The largest absolute Gasteiger partial charge is 0.482 e. The van der Waals surface area contributed by atoms with Crippen molar-refractivity contribution in [3.8, 4) is 16.9 Å². The molecule has 3 heterocycles. The quantitative estimate of drug-likeness (QED) is 0.345. The van der Waals surface area contributed by atoms with E-state index in [2.05, 4.69) is 35.5 Å². The molecule has 33 heavy (non-hydrogen) atoms. The lowest BCUT2D eigenvalue weighted by atomic mass is 10.1. The van der Waals surface area contributed by atoms with E-state index in [9.17, 15) is 4.39 Å². The lowest BCUT2D eigenvalue weighted by Gasteiger charge is -2.18. The third-order valence-electron chi connectivity index (χ3n) is 4.97. The van der Waals surface area contributed by atoms with Gasteiger partial charge in [0.1, 0.15) is 23.7 Å². The molecule has 0 aliphatic rings. The highest BCUT2D eigenvalue weighted by molar-refractivity contribution is 6.31. The Morgan fingerprint density at radius 3 is 2.67 bits per heavy atom. The average molecular weight is 462 g/mol. The van der Waals surface area contributed by atoms with Crippen molar-refractivity contribution in [1.29, 1.82) is 0 Å². The Kier molecular flexibility index (Phi) is 5.54. The molecule has 164 valence electrons. The van der Waals surface area contributed by atoms with Crippen LogP contribution >= 0.6 is 11.6 Å². The summed E-state index contributed by atoms with van der Waals surface area (Å²) in [6, 6.07) is 9.91. The Morgan fingerprint density at radius 2 is 1.91 bits per heavy atom. The van der Waals surface area contributed by atoms with Crippen LogP contribution in [-0.4, -0.2) is 30.1 Å². The SMILES string of the molecule is C[C@H](Oc1cc(-c2cn[nH]c2)cc2ncnc(Nc3ccc(F)c(Cl)c3)c12)c1ncccn1. The van der Waals surface area contributed by atoms with Crippen molar-refractivity contribution in [2.24, 2.45) is 0 Å². The van der Waals surface area contributed by atoms with E-state index in [-0.39, 0.29) is 5.02 Å². The highest BCUT2D eigenvalue weighted by Crippen LogP contribution is 2.38. The van der Waals surface area contributed by atoms with E-state index >= 15 is 0 Å². The molecule has 5 aromatic rings. The van der Waals surface area contributed by atoms with Crippen molar-refractivity contribution in [1.82, 2.24) is 30.1 Å². The van der Waals surface area contributed by atoms with Gasteiger partial charge in [0.2, 0.25) is 0 Å². The van der Waals surface area contributed by atoms with Gasteiger partial charge in [-0.3, -0.25) is 5.10 Å². The molecule has 1 atom stereocenters. The van der Waals surface area contributed by atoms with E-state index in [0.717, 1.165) is 11.1 Å². The fraction of sp³-hybridized carbons (Fsp3) is 0.0870. The molecule has 0 unspecified atom stereocenters. The van der Waals surface area contributed by atoms with E-state index in [1.807, 2.05) is 19.1 Å². The molecule has 0 bridgehead atoms. The second-order valence-corrected chi connectivity index (χ2v) is 7.61. The second kappa shape index (κ2) is 8.79. The normalized spacial score (nSPS) is 12.0. The maximum Gasteiger partial charge on any atom is 0.168 e. The molecule has 0 aliphatic heterocycles. The van der Waals surface area contributed by atoms with E-state index < -0.39 is 11.9 Å². The number of halogens is 2. The van der Waals surface area contributed by atoms with Gasteiger partial charge in [0, 0.05) is 29.8 Å². The summed E-state index contributed by atoms with van der Waals surface area (Å²) in [5, 5.41) is 10.7. The van der Waals surface area contributed by atoms with E-state index in [4.69, 9.17) is 16.3 Å². The second-order valence-electron chi connectivity index (χ2n) is 7.20. The van der Waals surface area contributed by atoms with Gasteiger partial charge in [-0.1, -0.05) is 11.6 Å². The molecule has 5 rings (SSSR count). The summed E-state index contributed by atoms with van der Waals surface area (Å²) in [6.07, 6.45) is 7.84. The van der Waals surface area contributed by atoms with Gasteiger partial charge in [-0.15, -0.1) is 0 Å². The number of anilines is 2. The minimum atomic E-state index is -0.500. The predicted octanol–water partition coefficient (Wildman–Crippen LogP) is 5.49. The number of fused-ring (bicyclic) bond motifs is 1. The Morgan fingerprint density at radius 1 is 1.06 bits per heavy atom. The number of hydrogen-bond acceptors (Lipinski definition) is 7. The maximum atomic E-state index is 13.6. The number of aromatic amines is 1. The van der Waals surface area contributed by atoms with Gasteiger partial charge < -0.3 is 10.1 Å². The van der Waals surface area contributed by atoms with Crippen LogP contribution in [0.5, 0.6) is 5.75 Å². The zero-order chi connectivity index (χ0) is 22.8. The number of H-pyrrole nitrogens is 1. The average Bonchev–Trinajstić information content (AvgIpc) is 3.37. The topological polar surface area (TPSA) is 102 Å². The Bertz CT molecular complexity index is 1410. The highest BCUT2D eigenvalue weighted by Gasteiger charge is 2.18. The smallest absolute Gasteiger partial charge is 0.168 e. The summed E-state index contributed by atoms with van der Waals surface area (Å²) in [6.45, 7) is 1.86. The zero-order valence-electron chi connectivity index (χ0n) is 17.3. The number of rotatable bonds is 6. The van der Waals surface area contributed by atoms with Crippen molar-refractivity contribution in [2.45, 2.75) is 13.0 Å². The molecular formula is C23H17ClFN7O. The van der Waals surface area contributed by atoms with Crippen molar-refractivity contribution >= 4 is 34.0 Å². The minimum Gasteiger partial charge on any atom is -0.482 e. The molecule has 0 aliphatic carbocycles. The molecule has 3 aromatic heterocycles. The van der Waals surface area contributed by atoms with Crippen molar-refractivity contribution < 1.29 is 9.13 Å². The summed E-state index contributed by atoms with van der Waals surface area (Å²) in [5.41, 5.74) is 2.96. The fourth-order valence-electron chi connectivity index (χ4n) is 3.39. The van der Waals surface area contributed by atoms with Crippen LogP contribution in [0.2, 0.25) is 5.02 Å². The van der Waals surface area contributed by atoms with Gasteiger partial charge in [0.25, 0.3) is 0 Å². The Hall–Kier alpha value is -4.11. The molecule has 2 N–H and O–H groups in total. The molecule has 2 aromatic carbocycles. The summed E-state index contributed by atoms with van der Waals surface area (Å²) >= 11 is 5.95. The molecule has 0 saturated carbocycles. The molecule has 10 heteroatoms. The fourth-order valence-corrected chi connectivity index (χ4v) is 3.57. The van der Waals surface area contributed by atoms with Gasteiger partial charge in [0.05, 0.1) is 22.1 Å². The summed E-state index contributed by atoms with van der Waals surface area (Å²) in [5.74, 6) is 1.05. The lowest BCUT2D eigenvalue weighted by molar-refractivity contribution is 0.219. The van der Waals surface area contributed by atoms with Crippen LogP contribution in [-0.2, 0) is 0 Å². The molecule has 8 nitrogen and oxygen atoms in total. The number of benzene rings is 2. The minimum absolute atomic E-state index is 0.00641. The van der Waals surface area contributed by atoms with Crippen LogP contribution in [0.4, 0.5) is 15.9 Å². The van der Waals surface area contributed by atoms with Crippen molar-refractivity contribution in [2.75, 3.05) is 5.32 Å². The Balaban J connectivity index is 1.63. The zero-order valence-corrected chi connectivity index (χ0v) is 18.1. The molecule has 0 radical (unpaired) electrons. The van der Waals surface area contributed by atoms with E-state index in [1.54, 1.807) is 36.9 Å². The number of nitrogens with zero attached hydrogens (tertiary/aromatic N) is 5. The number of aromatic nitrogens is 6. The summed E-state index contributed by atoms with van der Waals surface area (Å²) in [4.78, 5) is 17.4. The van der Waals surface area contributed by atoms with Crippen LogP contribution in [0, 0.1) is 5.82 Å². The van der Waals surface area contributed by atoms with E-state index in [0.29, 0.717) is 34.0 Å². The first-order valence-corrected chi connectivity index (χ1v) is 10.4. The summed E-state index contributed by atoms with van der Waals surface area (Å²) < 4.78 is 19.9. The molecule has 0 fully saturated rings. The number of nitrogens with one attached hydrogen (secondary N) is 2. The molecule has 0 spiro atoms. The van der Waals surface area contributed by atoms with Gasteiger partial charge in [-0.2, -0.15) is 5.10 Å². The third kappa shape index (κ3) is 4.31. The van der Waals surface area contributed by atoms with Crippen LogP contribution in [0.25, 0.3) is 22.0 Å². The molecule has 0 amide bonds. The predicted molar refractivity (Wildman–Crippen MR) is 123 cm³/mol. The lowest BCUT2D eigenvalue weighted by Crippen LogP contribution is -2.08. The first-order chi connectivity index (χ1) is 16.1. The van der Waals surface area contributed by atoms with E-state index in [1.165, 1.54) is 18.5 Å². The standard InChI is InChI=1S/C23H17ClFN7O/c1-13(22-26-5-2-6-27-22)33-20-8-14(15-10-30-31-11-15)7-19-21(20)23(29-12-28-19)32-16-3-4-18(25)17(24)9-16/h2-13H,1H3,(H,30,31)(H,28,29,32)/t13-/m0/s1. The van der Waals surface area contributed by atoms with Gasteiger partial charge in [-0.05, 0) is 48.9 Å². The number of hydrogen-bond donors (Lipinski definition) is 2. The maximum absolute atomic E-state index is 13.6. The van der Waals surface area contributed by atoms with Crippen LogP contribution in [0.1, 0.15) is 18.9 Å². The van der Waals surface area contributed by atoms with Gasteiger partial charge in [-0.25, -0.2) is 24.3 Å². The molecular weight excluding hydrogens is 445 g/mol. The highest BCUT2D eigenvalue weighted by atomic mass is 35.5. The van der Waals surface area contributed by atoms with Crippen LogP contribution < -0.4 is 10.1 Å². The van der Waals surface area contributed by atoms with Crippen LogP contribution in [0.15, 0.2) is 67.5 Å². The first kappa shape index (κ1) is 20.8. The first-order valence-electron chi connectivity index (χ1n) is 10.0. The van der Waals surface area contributed by atoms with Gasteiger partial charge >= 0.3 is 0 Å². The van der Waals surface area contributed by atoms with Gasteiger partial charge in [0.15, 0.2) is 11.9 Å². The molecule has 0 saturated heterocycles. The Labute approximate surface area is 192 Å². The number of ether oxygens (including phenoxy) is 1. The monoisotopic (exact) mass is 461 g/mol. The van der Waals surface area contributed by atoms with Crippen LogP contribution in [0.3, 0.4) is 0 Å². The van der Waals surface area contributed by atoms with Crippen molar-refractivity contribution in [3.05, 3.63) is 84.2 Å². The third-order valence-corrected chi connectivity index (χ3v) is 5.26. The summed E-state index contributed by atoms with van der Waals surface area (Å²) in [7, 11) is 0. The van der Waals surface area contributed by atoms with Crippen molar-refractivity contribution in [3.63, 3.8) is 0 Å².